The summed E-state index contributed by atoms with van der Waals surface area (Å²) in [6.07, 6.45) is 4.01. The van der Waals surface area contributed by atoms with Gasteiger partial charge in [-0.3, -0.25) is 9.48 Å². The maximum atomic E-state index is 12.7. The van der Waals surface area contributed by atoms with Crippen LogP contribution in [0.2, 0.25) is 0 Å². The van der Waals surface area contributed by atoms with Gasteiger partial charge in [0.2, 0.25) is 0 Å². The van der Waals surface area contributed by atoms with Crippen LogP contribution in [-0.2, 0) is 11.3 Å². The van der Waals surface area contributed by atoms with E-state index in [9.17, 15) is 4.79 Å². The Bertz CT molecular complexity index is 689. The Labute approximate surface area is 127 Å². The predicted molar refractivity (Wildman–Crippen MR) is 76.4 cm³/mol. The van der Waals surface area contributed by atoms with Gasteiger partial charge in [-0.25, -0.2) is 0 Å². The average Bonchev–Trinajstić information content (AvgIpc) is 3.07. The van der Waals surface area contributed by atoms with Gasteiger partial charge in [0, 0.05) is 31.8 Å². The highest BCUT2D eigenvalue weighted by atomic mass is 16.5. The molecule has 2 aliphatic rings. The quantitative estimate of drug-likeness (QED) is 0.857. The SMILES string of the molecule is COCC1CN(C(=O)c2cc(C3CC3)on2)Cc2ccnn21. The summed E-state index contributed by atoms with van der Waals surface area (Å²) in [7, 11) is 1.66. The fourth-order valence-electron chi connectivity index (χ4n) is 2.97. The van der Waals surface area contributed by atoms with Gasteiger partial charge in [0.1, 0.15) is 5.76 Å². The van der Waals surface area contributed by atoms with Gasteiger partial charge in [0.25, 0.3) is 5.91 Å². The molecule has 3 heterocycles. The van der Waals surface area contributed by atoms with Crippen LogP contribution in [0.15, 0.2) is 22.9 Å². The predicted octanol–water partition coefficient (Wildman–Crippen LogP) is 1.59. The number of hydrogen-bond donors (Lipinski definition) is 0. The summed E-state index contributed by atoms with van der Waals surface area (Å²) in [4.78, 5) is 14.5. The summed E-state index contributed by atoms with van der Waals surface area (Å²) >= 11 is 0. The summed E-state index contributed by atoms with van der Waals surface area (Å²) in [5, 5.41) is 8.27. The van der Waals surface area contributed by atoms with E-state index in [2.05, 4.69) is 10.3 Å². The van der Waals surface area contributed by atoms with Gasteiger partial charge in [0.05, 0.1) is 24.9 Å². The third kappa shape index (κ3) is 2.31. The molecule has 7 nitrogen and oxygen atoms in total. The van der Waals surface area contributed by atoms with Crippen molar-refractivity contribution in [2.24, 2.45) is 0 Å². The van der Waals surface area contributed by atoms with Crippen molar-refractivity contribution in [3.05, 3.63) is 35.5 Å². The molecule has 1 aliphatic carbocycles. The van der Waals surface area contributed by atoms with E-state index in [1.807, 2.05) is 10.7 Å². The molecule has 0 radical (unpaired) electrons. The van der Waals surface area contributed by atoms with Crippen molar-refractivity contribution in [1.82, 2.24) is 19.8 Å². The summed E-state index contributed by atoms with van der Waals surface area (Å²) in [6.45, 7) is 1.61. The number of carbonyl (C=O) groups excluding carboxylic acids is 1. The molecule has 0 N–H and O–H groups in total. The van der Waals surface area contributed by atoms with Gasteiger partial charge >= 0.3 is 0 Å². The fourth-order valence-corrected chi connectivity index (χ4v) is 2.97. The van der Waals surface area contributed by atoms with Gasteiger partial charge in [0.15, 0.2) is 5.69 Å². The number of hydrogen-bond acceptors (Lipinski definition) is 5. The molecule has 1 atom stereocenters. The summed E-state index contributed by atoms with van der Waals surface area (Å²) in [5.74, 6) is 1.20. The average molecular weight is 302 g/mol. The first-order valence-electron chi connectivity index (χ1n) is 7.53. The maximum Gasteiger partial charge on any atom is 0.276 e. The first-order chi connectivity index (χ1) is 10.8. The highest BCUT2D eigenvalue weighted by molar-refractivity contribution is 5.92. The third-order valence-corrected chi connectivity index (χ3v) is 4.26. The number of ether oxygens (including phenoxy) is 1. The number of aromatic nitrogens is 3. The Morgan fingerprint density at radius 3 is 3.14 bits per heavy atom. The van der Waals surface area contributed by atoms with Gasteiger partial charge in [-0.15, -0.1) is 0 Å². The minimum absolute atomic E-state index is 0.0301. The van der Waals surface area contributed by atoms with E-state index in [-0.39, 0.29) is 11.9 Å². The lowest BCUT2D eigenvalue weighted by molar-refractivity contribution is 0.0569. The third-order valence-electron chi connectivity index (χ3n) is 4.26. The molecule has 1 aliphatic heterocycles. The molecule has 0 bridgehead atoms. The largest absolute Gasteiger partial charge is 0.382 e. The van der Waals surface area contributed by atoms with Crippen molar-refractivity contribution in [2.75, 3.05) is 20.3 Å². The van der Waals surface area contributed by atoms with Crippen LogP contribution in [0.5, 0.6) is 0 Å². The molecule has 116 valence electrons. The van der Waals surface area contributed by atoms with Crippen LogP contribution in [-0.4, -0.2) is 46.0 Å². The Hall–Kier alpha value is -2.15. The first kappa shape index (κ1) is 13.5. The van der Waals surface area contributed by atoms with Gasteiger partial charge in [-0.05, 0) is 18.9 Å². The van der Waals surface area contributed by atoms with E-state index in [0.29, 0.717) is 31.3 Å². The zero-order chi connectivity index (χ0) is 15.1. The van der Waals surface area contributed by atoms with Crippen molar-refractivity contribution in [3.63, 3.8) is 0 Å². The lowest BCUT2D eigenvalue weighted by Crippen LogP contribution is -2.42. The molecule has 1 saturated carbocycles. The summed E-state index contributed by atoms with van der Waals surface area (Å²) < 4.78 is 12.5. The van der Waals surface area contributed by atoms with Crippen molar-refractivity contribution >= 4 is 5.91 Å². The Morgan fingerprint density at radius 1 is 1.50 bits per heavy atom. The number of fused-ring (bicyclic) bond motifs is 1. The van der Waals surface area contributed by atoms with Crippen molar-refractivity contribution in [1.29, 1.82) is 0 Å². The van der Waals surface area contributed by atoms with Crippen LogP contribution in [0, 0.1) is 0 Å². The number of rotatable bonds is 4. The Kier molecular flexibility index (Phi) is 3.22. The lowest BCUT2D eigenvalue weighted by Gasteiger charge is -2.33. The molecular formula is C15H18N4O3. The number of carbonyl (C=O) groups is 1. The van der Waals surface area contributed by atoms with Crippen molar-refractivity contribution in [2.45, 2.75) is 31.3 Å². The molecule has 0 aromatic carbocycles. The molecule has 0 saturated heterocycles. The molecule has 1 amide bonds. The van der Waals surface area contributed by atoms with Gasteiger partial charge in [-0.2, -0.15) is 5.10 Å². The minimum atomic E-state index is -0.0933. The zero-order valence-corrected chi connectivity index (χ0v) is 12.4. The molecule has 1 fully saturated rings. The van der Waals surface area contributed by atoms with Crippen LogP contribution in [0.3, 0.4) is 0 Å². The second kappa shape index (κ2) is 5.24. The molecule has 7 heteroatoms. The number of methoxy groups -OCH3 is 1. The summed E-state index contributed by atoms with van der Waals surface area (Å²) in [5.41, 5.74) is 1.40. The molecule has 2 aromatic heterocycles. The molecule has 0 spiro atoms. The van der Waals surface area contributed by atoms with E-state index < -0.39 is 0 Å². The second-order valence-electron chi connectivity index (χ2n) is 5.95. The Balaban J connectivity index is 1.55. The standard InChI is InChI=1S/C15H18N4O3/c1-21-9-12-8-18(7-11-4-5-16-19(11)12)15(20)13-6-14(22-17-13)10-2-3-10/h4-6,10,12H,2-3,7-9H2,1H3. The molecule has 1 unspecified atom stereocenters. The second-order valence-corrected chi connectivity index (χ2v) is 5.95. The van der Waals surface area contributed by atoms with Gasteiger partial charge < -0.3 is 14.2 Å². The first-order valence-corrected chi connectivity index (χ1v) is 7.53. The van der Waals surface area contributed by atoms with Crippen LogP contribution in [0.25, 0.3) is 0 Å². The fraction of sp³-hybridized carbons (Fsp3) is 0.533. The van der Waals surface area contributed by atoms with E-state index in [0.717, 1.165) is 24.3 Å². The highest BCUT2D eigenvalue weighted by Crippen LogP contribution is 2.40. The molecule has 22 heavy (non-hydrogen) atoms. The van der Waals surface area contributed by atoms with E-state index in [4.69, 9.17) is 9.26 Å². The normalized spacial score (nSPS) is 21.0. The van der Waals surface area contributed by atoms with Crippen LogP contribution in [0.1, 0.15) is 46.7 Å². The zero-order valence-electron chi connectivity index (χ0n) is 12.4. The van der Waals surface area contributed by atoms with E-state index in [1.165, 1.54) is 0 Å². The lowest BCUT2D eigenvalue weighted by atomic mass is 10.2. The van der Waals surface area contributed by atoms with Crippen molar-refractivity contribution in [3.8, 4) is 0 Å². The van der Waals surface area contributed by atoms with Crippen LogP contribution >= 0.6 is 0 Å². The van der Waals surface area contributed by atoms with Crippen LogP contribution in [0.4, 0.5) is 0 Å². The number of amides is 1. The molecule has 2 aromatic rings. The summed E-state index contributed by atoms with van der Waals surface area (Å²) in [6, 6.07) is 3.75. The van der Waals surface area contributed by atoms with Crippen molar-refractivity contribution < 1.29 is 14.1 Å². The molecule has 4 rings (SSSR count). The topological polar surface area (TPSA) is 73.4 Å². The van der Waals surface area contributed by atoms with E-state index >= 15 is 0 Å². The maximum absolute atomic E-state index is 12.7. The van der Waals surface area contributed by atoms with Crippen LogP contribution < -0.4 is 0 Å². The molecular weight excluding hydrogens is 284 g/mol. The van der Waals surface area contributed by atoms with E-state index in [1.54, 1.807) is 24.3 Å². The Morgan fingerprint density at radius 2 is 2.36 bits per heavy atom. The minimum Gasteiger partial charge on any atom is -0.382 e. The van der Waals surface area contributed by atoms with Gasteiger partial charge in [-0.1, -0.05) is 5.16 Å². The monoisotopic (exact) mass is 302 g/mol. The smallest absolute Gasteiger partial charge is 0.276 e. The number of nitrogens with zero attached hydrogens (tertiary/aromatic N) is 4. The highest BCUT2D eigenvalue weighted by Gasteiger charge is 2.32.